The molecule has 0 bridgehead atoms. The van der Waals surface area contributed by atoms with Gasteiger partial charge in [-0.05, 0) is 35.0 Å². The summed E-state index contributed by atoms with van der Waals surface area (Å²) in [5.74, 6) is -1.59. The predicted octanol–water partition coefficient (Wildman–Crippen LogP) is 4.02. The van der Waals surface area contributed by atoms with Gasteiger partial charge >= 0.3 is 17.9 Å². The number of carbonyl (C=O) groups excluding carboxylic acids is 4. The van der Waals surface area contributed by atoms with Crippen molar-refractivity contribution in [3.05, 3.63) is 66.7 Å². The summed E-state index contributed by atoms with van der Waals surface area (Å²) in [6.07, 6.45) is -3.36. The number of nitrogens with one attached hydrogen (secondary N) is 1. The molecule has 4 aromatic rings. The van der Waals surface area contributed by atoms with Gasteiger partial charge in [-0.2, -0.15) is 0 Å². The Morgan fingerprint density at radius 1 is 0.870 bits per heavy atom. The minimum Gasteiger partial charge on any atom is -0.492 e. The van der Waals surface area contributed by atoms with Gasteiger partial charge in [0.15, 0.2) is 17.4 Å². The summed E-state index contributed by atoms with van der Waals surface area (Å²) in [4.78, 5) is 53.3. The quantitative estimate of drug-likeness (QED) is 0.186. The highest BCUT2D eigenvalue weighted by molar-refractivity contribution is 7.99. The molecule has 0 saturated carbocycles. The zero-order valence-corrected chi connectivity index (χ0v) is 26.7. The summed E-state index contributed by atoms with van der Waals surface area (Å²) in [6.45, 7) is 5.43. The molecule has 5 atom stereocenters. The molecule has 46 heavy (non-hydrogen) atoms. The number of imidazole rings is 1. The number of rotatable bonds is 11. The van der Waals surface area contributed by atoms with Crippen LogP contribution >= 0.6 is 11.8 Å². The highest BCUT2D eigenvalue weighted by atomic mass is 32.2. The molecular formula is C33H35N3O9S. The number of amides is 1. The Balaban J connectivity index is 1.45. The topological polar surface area (TPSA) is 144 Å². The van der Waals surface area contributed by atoms with E-state index in [4.69, 9.17) is 28.7 Å². The zero-order valence-electron chi connectivity index (χ0n) is 25.8. The Morgan fingerprint density at radius 2 is 1.57 bits per heavy atom. The largest absolute Gasteiger partial charge is 0.492 e. The number of hydrogen-bond acceptors (Lipinski definition) is 11. The lowest BCUT2D eigenvalue weighted by Gasteiger charge is -2.44. The molecule has 1 aliphatic rings. The van der Waals surface area contributed by atoms with Crippen molar-refractivity contribution in [1.82, 2.24) is 14.9 Å². The molecule has 5 rings (SSSR count). The fourth-order valence-corrected chi connectivity index (χ4v) is 6.61. The van der Waals surface area contributed by atoms with Gasteiger partial charge in [0.25, 0.3) is 0 Å². The second-order valence-corrected chi connectivity index (χ2v) is 11.8. The van der Waals surface area contributed by atoms with Gasteiger partial charge in [0.1, 0.15) is 36.5 Å². The van der Waals surface area contributed by atoms with Crippen molar-refractivity contribution in [3.63, 3.8) is 0 Å². The Hall–Kier alpha value is -4.62. The van der Waals surface area contributed by atoms with Crippen LogP contribution in [0.25, 0.3) is 21.8 Å². The number of hydrogen-bond donors (Lipinski definition) is 1. The average molecular weight is 650 g/mol. The molecule has 242 valence electrons. The lowest BCUT2D eigenvalue weighted by molar-refractivity contribution is -0.211. The first-order valence-corrected chi connectivity index (χ1v) is 15.6. The van der Waals surface area contributed by atoms with Crippen molar-refractivity contribution in [2.24, 2.45) is 0 Å². The Morgan fingerprint density at radius 3 is 2.28 bits per heavy atom. The molecule has 12 nitrogen and oxygen atoms in total. The number of carbonyl (C=O) groups is 4. The van der Waals surface area contributed by atoms with Gasteiger partial charge < -0.3 is 33.6 Å². The minimum absolute atomic E-state index is 0.287. The van der Waals surface area contributed by atoms with Crippen LogP contribution in [0.15, 0.2) is 71.9 Å². The van der Waals surface area contributed by atoms with Crippen LogP contribution in [-0.2, 0) is 44.7 Å². The van der Waals surface area contributed by atoms with Crippen LogP contribution in [0.2, 0.25) is 0 Å². The maximum absolute atomic E-state index is 12.4. The fourth-order valence-electron chi connectivity index (χ4n) is 5.37. The molecule has 3 aromatic carbocycles. The van der Waals surface area contributed by atoms with Crippen LogP contribution in [-0.4, -0.2) is 76.4 Å². The standard InChI is InChI=1S/C33H35N3O9S/c1-19(37)34-29-31(44-22(4)40)30(43-21(3)39)28(18-42-20(2)38)45-32(29)46-33-35-26-11-7-8-12-27(26)36(33)15-16-41-25-14-13-23-9-5-6-10-24(23)17-25/h5-14,17,28-32H,15-16,18H2,1-4H3,(H,34,37)/t28-,29-,30-,31-,32+/m1/s1. The maximum Gasteiger partial charge on any atom is 0.303 e. The second-order valence-electron chi connectivity index (χ2n) is 10.7. The number of benzene rings is 3. The van der Waals surface area contributed by atoms with Crippen LogP contribution in [0.1, 0.15) is 27.7 Å². The Kier molecular flexibility index (Phi) is 10.4. The summed E-state index contributed by atoms with van der Waals surface area (Å²) in [7, 11) is 0. The van der Waals surface area contributed by atoms with E-state index in [1.807, 2.05) is 71.3 Å². The number of para-hydroxylation sites is 2. The summed E-state index contributed by atoms with van der Waals surface area (Å²) >= 11 is 1.19. The van der Waals surface area contributed by atoms with Crippen molar-refractivity contribution in [2.45, 2.75) is 69.2 Å². The number of aromatic nitrogens is 2. The third kappa shape index (κ3) is 7.96. The van der Waals surface area contributed by atoms with Gasteiger partial charge in [-0.25, -0.2) is 4.98 Å². The lowest BCUT2D eigenvalue weighted by Crippen LogP contribution is -2.65. The van der Waals surface area contributed by atoms with E-state index in [1.165, 1.54) is 39.5 Å². The second kappa shape index (κ2) is 14.6. The normalized spacial score (nSPS) is 21.0. The third-order valence-electron chi connectivity index (χ3n) is 7.22. The van der Waals surface area contributed by atoms with E-state index < -0.39 is 53.6 Å². The molecule has 1 aromatic heterocycles. The molecule has 0 unspecified atom stereocenters. The molecule has 0 radical (unpaired) electrons. The van der Waals surface area contributed by atoms with E-state index >= 15 is 0 Å². The average Bonchev–Trinajstić information content (AvgIpc) is 3.35. The van der Waals surface area contributed by atoms with Gasteiger partial charge in [0, 0.05) is 27.7 Å². The molecule has 1 saturated heterocycles. The SMILES string of the molecule is CC(=O)N[C@@H]1[C@@H](OC(C)=O)[C@H](OC(C)=O)[C@@H](COC(C)=O)O[C@H]1Sc1nc2ccccc2n1CCOc1ccc2ccccc2c1. The fraction of sp³-hybridized carbons (Fsp3) is 0.364. The number of ether oxygens (including phenoxy) is 5. The molecule has 0 aliphatic carbocycles. The van der Waals surface area contributed by atoms with E-state index in [9.17, 15) is 19.2 Å². The molecule has 1 aliphatic heterocycles. The highest BCUT2D eigenvalue weighted by Gasteiger charge is 2.51. The van der Waals surface area contributed by atoms with Gasteiger partial charge in [-0.3, -0.25) is 19.2 Å². The minimum atomic E-state index is -1.18. The number of thioether (sulfide) groups is 1. The maximum atomic E-state index is 12.4. The predicted molar refractivity (Wildman–Crippen MR) is 169 cm³/mol. The Labute approximate surface area is 269 Å². The molecule has 1 fully saturated rings. The summed E-state index contributed by atoms with van der Waals surface area (Å²) < 4.78 is 30.9. The summed E-state index contributed by atoms with van der Waals surface area (Å²) in [5, 5.41) is 5.54. The van der Waals surface area contributed by atoms with Crippen molar-refractivity contribution in [2.75, 3.05) is 13.2 Å². The van der Waals surface area contributed by atoms with Gasteiger partial charge in [0.2, 0.25) is 5.91 Å². The van der Waals surface area contributed by atoms with Crippen LogP contribution in [0.5, 0.6) is 5.75 Å². The molecule has 0 spiro atoms. The molecule has 1 amide bonds. The van der Waals surface area contributed by atoms with Crippen LogP contribution < -0.4 is 10.1 Å². The Bertz CT molecular complexity index is 1740. The van der Waals surface area contributed by atoms with Crippen LogP contribution in [0, 0.1) is 0 Å². The van der Waals surface area contributed by atoms with E-state index in [1.54, 1.807) is 0 Å². The number of fused-ring (bicyclic) bond motifs is 2. The lowest BCUT2D eigenvalue weighted by atomic mass is 9.97. The van der Waals surface area contributed by atoms with E-state index in [0.717, 1.165) is 27.6 Å². The first kappa shape index (κ1) is 32.8. The van der Waals surface area contributed by atoms with Crippen molar-refractivity contribution in [3.8, 4) is 5.75 Å². The van der Waals surface area contributed by atoms with Gasteiger partial charge in [0.05, 0.1) is 17.6 Å². The van der Waals surface area contributed by atoms with E-state index in [0.29, 0.717) is 18.3 Å². The monoisotopic (exact) mass is 649 g/mol. The van der Waals surface area contributed by atoms with E-state index in [-0.39, 0.29) is 6.61 Å². The first-order valence-electron chi connectivity index (χ1n) is 14.7. The van der Waals surface area contributed by atoms with Crippen molar-refractivity contribution >= 4 is 57.4 Å². The third-order valence-corrected chi connectivity index (χ3v) is 8.38. The number of nitrogens with zero attached hydrogens (tertiary/aromatic N) is 2. The van der Waals surface area contributed by atoms with Crippen LogP contribution in [0.4, 0.5) is 0 Å². The highest BCUT2D eigenvalue weighted by Crippen LogP contribution is 2.37. The smallest absolute Gasteiger partial charge is 0.303 e. The van der Waals surface area contributed by atoms with Crippen LogP contribution in [0.3, 0.4) is 0 Å². The zero-order chi connectivity index (χ0) is 32.8. The summed E-state index contributed by atoms with van der Waals surface area (Å²) in [6, 6.07) is 20.6. The summed E-state index contributed by atoms with van der Waals surface area (Å²) in [5.41, 5.74) is 0.677. The first-order chi connectivity index (χ1) is 22.1. The molecule has 2 heterocycles. The van der Waals surface area contributed by atoms with Crippen molar-refractivity contribution < 1.29 is 42.9 Å². The number of esters is 3. The van der Waals surface area contributed by atoms with Crippen molar-refractivity contribution in [1.29, 1.82) is 0 Å². The van der Waals surface area contributed by atoms with Gasteiger partial charge in [-0.15, -0.1) is 0 Å². The van der Waals surface area contributed by atoms with Gasteiger partial charge in [-0.1, -0.05) is 54.2 Å². The van der Waals surface area contributed by atoms with E-state index in [2.05, 4.69) is 5.32 Å². The molecule has 13 heteroatoms. The molecular weight excluding hydrogens is 614 g/mol. The molecule has 1 N–H and O–H groups in total.